The molecule has 1 aromatic carbocycles. The minimum Gasteiger partial charge on any atom is -0.379 e. The van der Waals surface area contributed by atoms with E-state index in [0.29, 0.717) is 17.5 Å². The fraction of sp³-hybridized carbons (Fsp3) is 0.400. The van der Waals surface area contributed by atoms with Crippen LogP contribution in [0.4, 0.5) is 21.8 Å². The molecule has 8 heteroatoms. The van der Waals surface area contributed by atoms with E-state index in [2.05, 4.69) is 30.7 Å². The number of morpholine rings is 1. The molecule has 0 amide bonds. The van der Waals surface area contributed by atoms with E-state index in [4.69, 9.17) is 4.74 Å². The van der Waals surface area contributed by atoms with Crippen molar-refractivity contribution in [2.45, 2.75) is 0 Å². The van der Waals surface area contributed by atoms with Crippen molar-refractivity contribution in [1.29, 1.82) is 0 Å². The van der Waals surface area contributed by atoms with Gasteiger partial charge in [-0.1, -0.05) is 0 Å². The second kappa shape index (κ2) is 7.80. The zero-order chi connectivity index (χ0) is 15.9. The van der Waals surface area contributed by atoms with Gasteiger partial charge in [-0.3, -0.25) is 4.90 Å². The maximum absolute atomic E-state index is 12.9. The minimum atomic E-state index is -0.284. The summed E-state index contributed by atoms with van der Waals surface area (Å²) >= 11 is 0. The zero-order valence-electron chi connectivity index (χ0n) is 12.7. The van der Waals surface area contributed by atoms with Gasteiger partial charge >= 0.3 is 0 Å². The maximum atomic E-state index is 12.9. The molecule has 2 aromatic rings. The van der Waals surface area contributed by atoms with Gasteiger partial charge in [0.1, 0.15) is 5.82 Å². The first-order valence-corrected chi connectivity index (χ1v) is 7.56. The number of benzene rings is 1. The van der Waals surface area contributed by atoms with E-state index in [-0.39, 0.29) is 5.82 Å². The summed E-state index contributed by atoms with van der Waals surface area (Å²) in [6.07, 6.45) is 1.58. The quantitative estimate of drug-likeness (QED) is 0.836. The summed E-state index contributed by atoms with van der Waals surface area (Å²) in [5.74, 6) is 0.735. The van der Waals surface area contributed by atoms with Gasteiger partial charge in [-0.05, 0) is 24.3 Å². The van der Waals surface area contributed by atoms with E-state index in [9.17, 15) is 4.39 Å². The third-order valence-electron chi connectivity index (χ3n) is 3.50. The first-order valence-electron chi connectivity index (χ1n) is 7.56. The van der Waals surface area contributed by atoms with E-state index in [1.54, 1.807) is 18.3 Å². The second-order valence-electron chi connectivity index (χ2n) is 5.18. The molecule has 2 N–H and O–H groups in total. The van der Waals surface area contributed by atoms with Crippen molar-refractivity contribution in [1.82, 2.24) is 20.1 Å². The predicted octanol–water partition coefficient (Wildman–Crippen LogP) is 1.50. The van der Waals surface area contributed by atoms with Crippen LogP contribution in [0.1, 0.15) is 0 Å². The van der Waals surface area contributed by atoms with Crippen LogP contribution in [-0.2, 0) is 4.74 Å². The summed E-state index contributed by atoms with van der Waals surface area (Å²) < 4.78 is 18.2. The highest BCUT2D eigenvalue weighted by Gasteiger charge is 2.09. The molecule has 1 fully saturated rings. The Morgan fingerprint density at radius 2 is 1.96 bits per heavy atom. The van der Waals surface area contributed by atoms with E-state index < -0.39 is 0 Å². The molecular weight excluding hydrogens is 299 g/mol. The van der Waals surface area contributed by atoms with Crippen LogP contribution >= 0.6 is 0 Å². The van der Waals surface area contributed by atoms with E-state index >= 15 is 0 Å². The number of nitrogens with zero attached hydrogens (tertiary/aromatic N) is 4. The van der Waals surface area contributed by atoms with Crippen molar-refractivity contribution < 1.29 is 9.13 Å². The van der Waals surface area contributed by atoms with Gasteiger partial charge in [0.15, 0.2) is 5.82 Å². The lowest BCUT2D eigenvalue weighted by atomic mass is 10.3. The van der Waals surface area contributed by atoms with E-state index in [1.165, 1.54) is 12.1 Å². The summed E-state index contributed by atoms with van der Waals surface area (Å²) in [5.41, 5.74) is 0.707. The second-order valence-corrected chi connectivity index (χ2v) is 5.18. The molecule has 0 spiro atoms. The lowest BCUT2D eigenvalue weighted by molar-refractivity contribution is 0.0398. The number of halogens is 1. The molecule has 1 aliphatic heterocycles. The molecule has 2 heterocycles. The molecule has 0 aliphatic carbocycles. The fourth-order valence-corrected chi connectivity index (χ4v) is 2.27. The Hall–Kier alpha value is -2.32. The molecule has 1 aliphatic rings. The number of hydrogen-bond donors (Lipinski definition) is 2. The Kier molecular flexibility index (Phi) is 5.28. The van der Waals surface area contributed by atoms with Crippen LogP contribution < -0.4 is 10.6 Å². The molecule has 7 nitrogen and oxygen atoms in total. The summed E-state index contributed by atoms with van der Waals surface area (Å²) in [6.45, 7) is 5.20. The van der Waals surface area contributed by atoms with Crippen molar-refractivity contribution in [3.8, 4) is 0 Å². The third kappa shape index (κ3) is 4.83. The Morgan fingerprint density at radius 3 is 2.74 bits per heavy atom. The van der Waals surface area contributed by atoms with Crippen molar-refractivity contribution in [3.63, 3.8) is 0 Å². The maximum Gasteiger partial charge on any atom is 0.249 e. The van der Waals surface area contributed by atoms with Crippen LogP contribution in [0.3, 0.4) is 0 Å². The topological polar surface area (TPSA) is 75.2 Å². The van der Waals surface area contributed by atoms with Crippen molar-refractivity contribution >= 4 is 17.5 Å². The first kappa shape index (κ1) is 15.6. The number of hydrogen-bond acceptors (Lipinski definition) is 7. The van der Waals surface area contributed by atoms with Gasteiger partial charge in [-0.15, -0.1) is 5.10 Å². The fourth-order valence-electron chi connectivity index (χ4n) is 2.27. The summed E-state index contributed by atoms with van der Waals surface area (Å²) in [4.78, 5) is 6.68. The number of rotatable bonds is 6. The molecule has 1 aromatic heterocycles. The molecule has 0 unspecified atom stereocenters. The van der Waals surface area contributed by atoms with Gasteiger partial charge in [0.25, 0.3) is 0 Å². The highest BCUT2D eigenvalue weighted by atomic mass is 19.1. The highest BCUT2D eigenvalue weighted by Crippen LogP contribution is 2.13. The zero-order valence-corrected chi connectivity index (χ0v) is 12.7. The third-order valence-corrected chi connectivity index (χ3v) is 3.50. The number of ether oxygens (including phenoxy) is 1. The number of aromatic nitrogens is 3. The summed E-state index contributed by atoms with van der Waals surface area (Å²) in [5, 5.41) is 14.1. The first-order chi connectivity index (χ1) is 11.3. The lowest BCUT2D eigenvalue weighted by Gasteiger charge is -2.26. The molecule has 122 valence electrons. The van der Waals surface area contributed by atoms with Gasteiger partial charge in [0, 0.05) is 31.9 Å². The van der Waals surface area contributed by atoms with Gasteiger partial charge in [-0.2, -0.15) is 10.1 Å². The Morgan fingerprint density at radius 1 is 1.17 bits per heavy atom. The SMILES string of the molecule is Fc1ccc(Nc2nncc(NCCN3CCOCC3)n2)cc1. The van der Waals surface area contributed by atoms with Crippen LogP contribution in [-0.4, -0.2) is 59.5 Å². The van der Waals surface area contributed by atoms with Crippen LogP contribution in [0.15, 0.2) is 30.5 Å². The standard InChI is InChI=1S/C15H19FN6O/c16-12-1-3-13(4-2-12)19-15-20-14(11-18-21-15)17-5-6-22-7-9-23-10-8-22/h1-4,11H,5-10H2,(H2,17,19,20,21). The lowest BCUT2D eigenvalue weighted by Crippen LogP contribution is -2.39. The van der Waals surface area contributed by atoms with Crippen LogP contribution in [0.5, 0.6) is 0 Å². The number of nitrogens with one attached hydrogen (secondary N) is 2. The average molecular weight is 318 g/mol. The largest absolute Gasteiger partial charge is 0.379 e. The summed E-state index contributed by atoms with van der Waals surface area (Å²) in [7, 11) is 0. The van der Waals surface area contributed by atoms with Gasteiger partial charge < -0.3 is 15.4 Å². The predicted molar refractivity (Wildman–Crippen MR) is 85.3 cm³/mol. The molecule has 0 radical (unpaired) electrons. The summed E-state index contributed by atoms with van der Waals surface area (Å²) in [6, 6.07) is 5.99. The van der Waals surface area contributed by atoms with Gasteiger partial charge in [-0.25, -0.2) is 4.39 Å². The normalized spacial score (nSPS) is 15.3. The average Bonchev–Trinajstić information content (AvgIpc) is 2.58. The molecule has 0 atom stereocenters. The Balaban J connectivity index is 1.51. The van der Waals surface area contributed by atoms with Crippen molar-refractivity contribution in [3.05, 3.63) is 36.3 Å². The van der Waals surface area contributed by atoms with E-state index in [1.807, 2.05) is 0 Å². The molecule has 1 saturated heterocycles. The molecule has 0 bridgehead atoms. The van der Waals surface area contributed by atoms with Crippen LogP contribution in [0, 0.1) is 5.82 Å². The smallest absolute Gasteiger partial charge is 0.249 e. The Bertz CT molecular complexity index is 618. The number of anilines is 3. The highest BCUT2D eigenvalue weighted by molar-refractivity contribution is 5.53. The molecule has 3 rings (SSSR count). The van der Waals surface area contributed by atoms with Crippen LogP contribution in [0.2, 0.25) is 0 Å². The van der Waals surface area contributed by atoms with E-state index in [0.717, 1.165) is 39.4 Å². The molecule has 0 saturated carbocycles. The Labute approximate surface area is 133 Å². The minimum absolute atomic E-state index is 0.284. The monoisotopic (exact) mass is 318 g/mol. The van der Waals surface area contributed by atoms with Crippen molar-refractivity contribution in [2.75, 3.05) is 50.0 Å². The van der Waals surface area contributed by atoms with Gasteiger partial charge in [0.2, 0.25) is 5.95 Å². The van der Waals surface area contributed by atoms with Gasteiger partial charge in [0.05, 0.1) is 19.4 Å². The molecule has 23 heavy (non-hydrogen) atoms. The molecular formula is C15H19FN6O. The van der Waals surface area contributed by atoms with Crippen LogP contribution in [0.25, 0.3) is 0 Å². The van der Waals surface area contributed by atoms with Crippen molar-refractivity contribution in [2.24, 2.45) is 0 Å².